The Bertz CT molecular complexity index is 1060. The maximum Gasteiger partial charge on any atom is 0.267 e. The van der Waals surface area contributed by atoms with Crippen LogP contribution in [0.3, 0.4) is 0 Å². The third-order valence-corrected chi connectivity index (χ3v) is 4.97. The molecule has 0 radical (unpaired) electrons. The van der Waals surface area contributed by atoms with Gasteiger partial charge < -0.3 is 20.1 Å². The number of hydrogen-bond acceptors (Lipinski definition) is 6. The van der Waals surface area contributed by atoms with Crippen molar-refractivity contribution in [1.82, 2.24) is 4.98 Å². The SMILES string of the molecule is COC1(Nc2ccc(Cl)cc2F)N=CNc2cc(OCCc3cccnc3)ccc21. The number of fused-ring (bicyclic) bond motifs is 1. The molecule has 2 heterocycles. The number of ether oxygens (including phenoxy) is 2. The van der Waals surface area contributed by atoms with Crippen LogP contribution >= 0.6 is 11.6 Å². The summed E-state index contributed by atoms with van der Waals surface area (Å²) in [4.78, 5) is 8.50. The number of anilines is 2. The molecule has 1 aliphatic rings. The van der Waals surface area contributed by atoms with Crippen LogP contribution in [0.2, 0.25) is 5.02 Å². The Labute approximate surface area is 178 Å². The average Bonchev–Trinajstić information content (AvgIpc) is 2.76. The van der Waals surface area contributed by atoms with Gasteiger partial charge >= 0.3 is 0 Å². The summed E-state index contributed by atoms with van der Waals surface area (Å²) in [5.41, 5.74) is 2.77. The van der Waals surface area contributed by atoms with Crippen LogP contribution in [0.15, 0.2) is 65.9 Å². The molecule has 2 N–H and O–H groups in total. The minimum absolute atomic E-state index is 0.225. The van der Waals surface area contributed by atoms with Crippen molar-refractivity contribution in [3.05, 3.63) is 82.9 Å². The van der Waals surface area contributed by atoms with Gasteiger partial charge in [0.2, 0.25) is 0 Å². The van der Waals surface area contributed by atoms with Gasteiger partial charge in [0.05, 0.1) is 29.9 Å². The molecule has 1 aliphatic heterocycles. The molecular formula is C22H20ClFN4O2. The standard InChI is InChI=1S/C22H20ClFN4O2/c1-29-22(28-20-7-4-16(23)11-19(20)24)18-6-5-17(12-21(18)26-14-27-22)30-10-8-15-3-2-9-25-13-15/h2-7,9,11-14,28H,8,10H2,1H3,(H,26,27). The second-order valence-corrected chi connectivity index (χ2v) is 7.10. The monoisotopic (exact) mass is 426 g/mol. The van der Waals surface area contributed by atoms with Crippen molar-refractivity contribution in [3.8, 4) is 5.75 Å². The Balaban J connectivity index is 1.53. The normalized spacial score (nSPS) is 17.2. The zero-order valence-corrected chi connectivity index (χ0v) is 17.0. The Morgan fingerprint density at radius 3 is 2.87 bits per heavy atom. The molecule has 0 aliphatic carbocycles. The number of pyridine rings is 1. The van der Waals surface area contributed by atoms with Crippen LogP contribution in [0.25, 0.3) is 0 Å². The molecular weight excluding hydrogens is 407 g/mol. The molecule has 2 aromatic carbocycles. The first-order valence-corrected chi connectivity index (χ1v) is 9.72. The van der Waals surface area contributed by atoms with Gasteiger partial charge in [-0.25, -0.2) is 9.38 Å². The molecule has 0 spiro atoms. The maximum atomic E-state index is 14.3. The molecule has 8 heteroatoms. The lowest BCUT2D eigenvalue weighted by Crippen LogP contribution is -2.39. The Hall–Kier alpha value is -3.16. The van der Waals surface area contributed by atoms with Gasteiger partial charge in [0.15, 0.2) is 0 Å². The quantitative estimate of drug-likeness (QED) is 0.530. The van der Waals surface area contributed by atoms with Gasteiger partial charge in [0, 0.05) is 37.0 Å². The Morgan fingerprint density at radius 1 is 1.20 bits per heavy atom. The fourth-order valence-corrected chi connectivity index (χ4v) is 3.37. The molecule has 4 rings (SSSR count). The van der Waals surface area contributed by atoms with E-state index in [1.165, 1.54) is 19.5 Å². The summed E-state index contributed by atoms with van der Waals surface area (Å²) in [6.07, 6.45) is 5.82. The number of benzene rings is 2. The minimum Gasteiger partial charge on any atom is -0.493 e. The fraction of sp³-hybridized carbons (Fsp3) is 0.182. The molecule has 30 heavy (non-hydrogen) atoms. The smallest absolute Gasteiger partial charge is 0.267 e. The topological polar surface area (TPSA) is 67.8 Å². The van der Waals surface area contributed by atoms with Crippen molar-refractivity contribution in [2.75, 3.05) is 24.4 Å². The van der Waals surface area contributed by atoms with Gasteiger partial charge in [-0.15, -0.1) is 0 Å². The van der Waals surface area contributed by atoms with E-state index in [2.05, 4.69) is 20.6 Å². The average molecular weight is 427 g/mol. The van der Waals surface area contributed by atoms with Crippen LogP contribution in [-0.4, -0.2) is 25.0 Å². The lowest BCUT2D eigenvalue weighted by molar-refractivity contribution is 0.0188. The summed E-state index contributed by atoms with van der Waals surface area (Å²) in [6.45, 7) is 0.516. The highest BCUT2D eigenvalue weighted by atomic mass is 35.5. The van der Waals surface area contributed by atoms with E-state index < -0.39 is 11.7 Å². The van der Waals surface area contributed by atoms with E-state index in [0.717, 1.165) is 17.7 Å². The highest BCUT2D eigenvalue weighted by molar-refractivity contribution is 6.30. The number of nitrogens with one attached hydrogen (secondary N) is 2. The summed E-state index contributed by atoms with van der Waals surface area (Å²) >= 11 is 5.85. The Morgan fingerprint density at radius 2 is 2.10 bits per heavy atom. The molecule has 3 aromatic rings. The van der Waals surface area contributed by atoms with E-state index in [9.17, 15) is 4.39 Å². The summed E-state index contributed by atoms with van der Waals surface area (Å²) < 4.78 is 25.9. The van der Waals surface area contributed by atoms with Crippen molar-refractivity contribution in [3.63, 3.8) is 0 Å². The summed E-state index contributed by atoms with van der Waals surface area (Å²) in [5, 5.41) is 6.44. The predicted molar refractivity (Wildman–Crippen MR) is 116 cm³/mol. The van der Waals surface area contributed by atoms with Crippen molar-refractivity contribution >= 4 is 29.3 Å². The molecule has 1 atom stereocenters. The zero-order chi connectivity index (χ0) is 21.0. The second-order valence-electron chi connectivity index (χ2n) is 6.67. The highest BCUT2D eigenvalue weighted by Crippen LogP contribution is 2.38. The van der Waals surface area contributed by atoms with Crippen LogP contribution in [0.5, 0.6) is 5.75 Å². The first-order valence-electron chi connectivity index (χ1n) is 9.34. The molecule has 0 fully saturated rings. The molecule has 1 unspecified atom stereocenters. The van der Waals surface area contributed by atoms with Gasteiger partial charge in [-0.05, 0) is 42.0 Å². The molecule has 0 bridgehead atoms. The van der Waals surface area contributed by atoms with Crippen LogP contribution in [-0.2, 0) is 17.0 Å². The van der Waals surface area contributed by atoms with Crippen LogP contribution in [0.1, 0.15) is 11.1 Å². The van der Waals surface area contributed by atoms with Crippen LogP contribution < -0.4 is 15.4 Å². The largest absolute Gasteiger partial charge is 0.493 e. The third-order valence-electron chi connectivity index (χ3n) is 4.74. The van der Waals surface area contributed by atoms with Crippen molar-refractivity contribution in [2.24, 2.45) is 4.99 Å². The summed E-state index contributed by atoms with van der Waals surface area (Å²) in [5.74, 6) is -1.09. The first kappa shape index (κ1) is 20.1. The fourth-order valence-electron chi connectivity index (χ4n) is 3.21. The molecule has 154 valence electrons. The van der Waals surface area contributed by atoms with Gasteiger partial charge in [0.1, 0.15) is 11.6 Å². The van der Waals surface area contributed by atoms with E-state index in [1.807, 2.05) is 36.5 Å². The second kappa shape index (κ2) is 8.69. The zero-order valence-electron chi connectivity index (χ0n) is 16.2. The Kier molecular flexibility index (Phi) is 5.83. The number of aromatic nitrogens is 1. The number of nitrogens with zero attached hydrogens (tertiary/aromatic N) is 2. The van der Waals surface area contributed by atoms with Crippen molar-refractivity contribution in [1.29, 1.82) is 0 Å². The van der Waals surface area contributed by atoms with Crippen LogP contribution in [0, 0.1) is 5.82 Å². The number of hydrogen-bond donors (Lipinski definition) is 2. The number of halogens is 2. The maximum absolute atomic E-state index is 14.3. The third kappa shape index (κ3) is 4.22. The lowest BCUT2D eigenvalue weighted by atomic mass is 10.1. The van der Waals surface area contributed by atoms with E-state index in [1.54, 1.807) is 18.3 Å². The van der Waals surface area contributed by atoms with E-state index in [4.69, 9.17) is 21.1 Å². The molecule has 0 saturated carbocycles. The van der Waals surface area contributed by atoms with E-state index >= 15 is 0 Å². The first-order chi connectivity index (χ1) is 14.6. The summed E-state index contributed by atoms with van der Waals surface area (Å²) in [6, 6.07) is 13.8. The van der Waals surface area contributed by atoms with E-state index in [0.29, 0.717) is 22.9 Å². The van der Waals surface area contributed by atoms with Crippen molar-refractivity contribution in [2.45, 2.75) is 12.3 Å². The van der Waals surface area contributed by atoms with Gasteiger partial charge in [-0.2, -0.15) is 0 Å². The predicted octanol–water partition coefficient (Wildman–Crippen LogP) is 4.82. The number of methoxy groups -OCH3 is 1. The molecule has 6 nitrogen and oxygen atoms in total. The van der Waals surface area contributed by atoms with E-state index in [-0.39, 0.29) is 5.69 Å². The molecule has 0 saturated heterocycles. The lowest BCUT2D eigenvalue weighted by Gasteiger charge is -2.34. The van der Waals surface area contributed by atoms with Gasteiger partial charge in [0.25, 0.3) is 5.85 Å². The number of rotatable bonds is 7. The summed E-state index contributed by atoms with van der Waals surface area (Å²) in [7, 11) is 1.51. The number of aliphatic imine (C=N–C) groups is 1. The van der Waals surface area contributed by atoms with Gasteiger partial charge in [-0.1, -0.05) is 17.7 Å². The molecule has 0 amide bonds. The minimum atomic E-state index is -1.29. The van der Waals surface area contributed by atoms with Gasteiger partial charge in [-0.3, -0.25) is 4.98 Å². The van der Waals surface area contributed by atoms with Crippen LogP contribution in [0.4, 0.5) is 15.8 Å². The van der Waals surface area contributed by atoms with Crippen molar-refractivity contribution < 1.29 is 13.9 Å². The highest BCUT2D eigenvalue weighted by Gasteiger charge is 2.36. The molecule has 1 aromatic heterocycles.